The first-order valence-corrected chi connectivity index (χ1v) is 8.60. The van der Waals surface area contributed by atoms with E-state index < -0.39 is 10.0 Å². The maximum absolute atomic E-state index is 11.5. The molecule has 0 aliphatic carbocycles. The van der Waals surface area contributed by atoms with Crippen molar-refractivity contribution in [2.45, 2.75) is 37.5 Å². The summed E-state index contributed by atoms with van der Waals surface area (Å²) in [5.74, 6) is 1.11. The molecule has 1 saturated heterocycles. The average molecular weight is 313 g/mol. The summed E-state index contributed by atoms with van der Waals surface area (Å²) >= 11 is 0. The van der Waals surface area contributed by atoms with Crippen molar-refractivity contribution in [3.05, 3.63) is 23.8 Å². The van der Waals surface area contributed by atoms with E-state index in [4.69, 9.17) is 14.6 Å². The molecule has 118 valence electrons. The van der Waals surface area contributed by atoms with Gasteiger partial charge in [0.15, 0.2) is 0 Å². The van der Waals surface area contributed by atoms with Gasteiger partial charge in [0.1, 0.15) is 5.75 Å². The van der Waals surface area contributed by atoms with E-state index >= 15 is 0 Å². The fourth-order valence-corrected chi connectivity index (χ4v) is 2.86. The highest BCUT2D eigenvalue weighted by atomic mass is 32.2. The molecule has 0 bridgehead atoms. The van der Waals surface area contributed by atoms with Gasteiger partial charge in [0.25, 0.3) is 0 Å². The van der Waals surface area contributed by atoms with Gasteiger partial charge in [-0.1, -0.05) is 20.8 Å². The number of hydrogen-bond donors (Lipinski definition) is 1. The maximum Gasteiger partial charge on any atom is 0.238 e. The van der Waals surface area contributed by atoms with Crippen LogP contribution in [0.4, 0.5) is 0 Å². The van der Waals surface area contributed by atoms with E-state index in [1.54, 1.807) is 12.1 Å². The maximum atomic E-state index is 11.5. The quantitative estimate of drug-likeness (QED) is 0.922. The minimum absolute atomic E-state index is 0.115. The highest BCUT2D eigenvalue weighted by molar-refractivity contribution is 7.89. The summed E-state index contributed by atoms with van der Waals surface area (Å²) in [6.07, 6.45) is 1.00. The first-order valence-electron chi connectivity index (χ1n) is 7.06. The normalized spacial score (nSPS) is 19.7. The highest BCUT2D eigenvalue weighted by Crippen LogP contribution is 2.33. The largest absolute Gasteiger partial charge is 0.493 e. The lowest BCUT2D eigenvalue weighted by Gasteiger charge is -2.24. The van der Waals surface area contributed by atoms with E-state index in [2.05, 4.69) is 0 Å². The van der Waals surface area contributed by atoms with Crippen LogP contribution in [0.25, 0.3) is 0 Å². The molecule has 2 N–H and O–H groups in total. The number of nitrogens with two attached hydrogens (primary N) is 1. The van der Waals surface area contributed by atoms with Gasteiger partial charge < -0.3 is 9.47 Å². The molecule has 1 fully saturated rings. The average Bonchev–Trinajstić information content (AvgIpc) is 2.87. The zero-order chi connectivity index (χ0) is 15.7. The molecule has 1 heterocycles. The van der Waals surface area contributed by atoms with Crippen molar-refractivity contribution >= 4 is 10.0 Å². The molecule has 1 aromatic rings. The second kappa shape index (κ2) is 5.94. The first-order chi connectivity index (χ1) is 9.68. The Kier molecular flexibility index (Phi) is 4.60. The molecule has 5 nitrogen and oxygen atoms in total. The van der Waals surface area contributed by atoms with Gasteiger partial charge in [0.2, 0.25) is 10.0 Å². The first kappa shape index (κ1) is 16.3. The Morgan fingerprint density at radius 1 is 1.38 bits per heavy atom. The van der Waals surface area contributed by atoms with E-state index in [1.807, 2.05) is 20.8 Å². The summed E-state index contributed by atoms with van der Waals surface area (Å²) in [5.41, 5.74) is 0.607. The zero-order valence-corrected chi connectivity index (χ0v) is 13.6. The van der Waals surface area contributed by atoms with Gasteiger partial charge in [-0.25, -0.2) is 13.6 Å². The molecule has 6 heteroatoms. The lowest BCUT2D eigenvalue weighted by atomic mass is 9.86. The van der Waals surface area contributed by atoms with Crippen LogP contribution in [0.5, 0.6) is 5.75 Å². The number of sulfonamides is 1. The summed E-state index contributed by atoms with van der Waals surface area (Å²) in [7, 11) is -3.71. The van der Waals surface area contributed by atoms with Crippen molar-refractivity contribution in [2.75, 3.05) is 19.8 Å². The minimum atomic E-state index is -3.71. The summed E-state index contributed by atoms with van der Waals surface area (Å²) in [4.78, 5) is 0.115. The van der Waals surface area contributed by atoms with E-state index in [9.17, 15) is 8.42 Å². The van der Waals surface area contributed by atoms with Gasteiger partial charge in [-0.2, -0.15) is 0 Å². The Hall–Kier alpha value is -1.11. The van der Waals surface area contributed by atoms with Crippen molar-refractivity contribution in [1.82, 2.24) is 0 Å². The van der Waals surface area contributed by atoms with E-state index in [0.717, 1.165) is 25.2 Å². The second-order valence-electron chi connectivity index (χ2n) is 6.49. The Bertz CT molecular complexity index is 599. The van der Waals surface area contributed by atoms with Crippen LogP contribution in [0.15, 0.2) is 23.1 Å². The summed E-state index contributed by atoms with van der Waals surface area (Å²) in [6, 6.07) is 4.79. The molecule has 1 aliphatic heterocycles. The molecule has 1 unspecified atom stereocenters. The fourth-order valence-electron chi connectivity index (χ4n) is 2.32. The molecule has 1 aliphatic rings. The van der Waals surface area contributed by atoms with Crippen LogP contribution in [-0.4, -0.2) is 28.2 Å². The molecule has 0 radical (unpaired) electrons. The van der Waals surface area contributed by atoms with Crippen molar-refractivity contribution < 1.29 is 17.9 Å². The predicted molar refractivity (Wildman–Crippen MR) is 80.9 cm³/mol. The van der Waals surface area contributed by atoms with Crippen molar-refractivity contribution in [2.24, 2.45) is 11.1 Å². The van der Waals surface area contributed by atoms with Gasteiger partial charge in [0, 0.05) is 18.1 Å². The monoisotopic (exact) mass is 313 g/mol. The van der Waals surface area contributed by atoms with Crippen molar-refractivity contribution in [1.29, 1.82) is 0 Å². The SMILES string of the molecule is CC(C)(C)c1cc(S(N)(=O)=O)ccc1OCC1CCOC1. The smallest absolute Gasteiger partial charge is 0.238 e. The molecular weight excluding hydrogens is 290 g/mol. The van der Waals surface area contributed by atoms with Crippen molar-refractivity contribution in [3.63, 3.8) is 0 Å². The number of primary sulfonamides is 1. The Balaban J connectivity index is 2.27. The van der Waals surface area contributed by atoms with E-state index in [-0.39, 0.29) is 10.3 Å². The van der Waals surface area contributed by atoms with Gasteiger partial charge in [-0.05, 0) is 30.0 Å². The van der Waals surface area contributed by atoms with Crippen LogP contribution in [0.3, 0.4) is 0 Å². The highest BCUT2D eigenvalue weighted by Gasteiger charge is 2.23. The molecule has 21 heavy (non-hydrogen) atoms. The Morgan fingerprint density at radius 2 is 2.10 bits per heavy atom. The third-order valence-electron chi connectivity index (χ3n) is 3.59. The van der Waals surface area contributed by atoms with Gasteiger partial charge in [0.05, 0.1) is 18.1 Å². The standard InChI is InChI=1S/C15H23NO4S/c1-15(2,3)13-8-12(21(16,17)18)4-5-14(13)20-10-11-6-7-19-9-11/h4-5,8,11H,6-7,9-10H2,1-3H3,(H2,16,17,18). The molecule has 0 saturated carbocycles. The fraction of sp³-hybridized carbons (Fsp3) is 0.600. The molecule has 1 atom stereocenters. The van der Waals surface area contributed by atoms with Crippen molar-refractivity contribution in [3.8, 4) is 5.75 Å². The zero-order valence-electron chi connectivity index (χ0n) is 12.8. The molecule has 0 aromatic heterocycles. The van der Waals surface area contributed by atoms with E-state index in [1.165, 1.54) is 6.07 Å². The molecule has 0 spiro atoms. The number of hydrogen-bond acceptors (Lipinski definition) is 4. The third kappa shape index (κ3) is 4.18. The molecule has 0 amide bonds. The number of rotatable bonds is 4. The Labute approximate surface area is 126 Å². The van der Waals surface area contributed by atoms with Crippen LogP contribution >= 0.6 is 0 Å². The second-order valence-corrected chi connectivity index (χ2v) is 8.06. The van der Waals surface area contributed by atoms with Crippen LogP contribution in [0.2, 0.25) is 0 Å². The third-order valence-corrected chi connectivity index (χ3v) is 4.50. The van der Waals surface area contributed by atoms with Crippen LogP contribution in [0, 0.1) is 5.92 Å². The predicted octanol–water partition coefficient (Wildman–Crippen LogP) is 2.05. The Morgan fingerprint density at radius 3 is 2.62 bits per heavy atom. The lowest BCUT2D eigenvalue weighted by Crippen LogP contribution is -2.19. The van der Waals surface area contributed by atoms with Crippen LogP contribution in [0.1, 0.15) is 32.8 Å². The lowest BCUT2D eigenvalue weighted by molar-refractivity contribution is 0.166. The van der Waals surface area contributed by atoms with Crippen LogP contribution < -0.4 is 9.88 Å². The topological polar surface area (TPSA) is 78.6 Å². The minimum Gasteiger partial charge on any atom is -0.493 e. The van der Waals surface area contributed by atoms with E-state index in [0.29, 0.717) is 18.3 Å². The van der Waals surface area contributed by atoms with Gasteiger partial charge in [-0.3, -0.25) is 0 Å². The molecule has 1 aromatic carbocycles. The summed E-state index contributed by atoms with van der Waals surface area (Å²) < 4.78 is 34.3. The molecular formula is C15H23NO4S. The van der Waals surface area contributed by atoms with Gasteiger partial charge in [-0.15, -0.1) is 0 Å². The summed E-state index contributed by atoms with van der Waals surface area (Å²) in [5, 5.41) is 5.21. The van der Waals surface area contributed by atoms with Crippen LogP contribution in [-0.2, 0) is 20.2 Å². The molecule has 2 rings (SSSR count). The van der Waals surface area contributed by atoms with Gasteiger partial charge >= 0.3 is 0 Å². The summed E-state index contributed by atoms with van der Waals surface area (Å²) in [6.45, 7) is 8.13. The number of benzene rings is 1. The number of ether oxygens (including phenoxy) is 2.